The first-order chi connectivity index (χ1) is 9.71. The van der Waals surface area contributed by atoms with Crippen molar-refractivity contribution in [3.05, 3.63) is 29.3 Å². The standard InChI is InChI=1S/C17H25NO2/c1-13-4-5-16-14(8-13)9-15(20-16)10-17(11-18-2)6-3-7-19-12-17/h4-5,8,15,18H,3,6-7,9-12H2,1-2H3. The Bertz CT molecular complexity index is 461. The van der Waals surface area contributed by atoms with Gasteiger partial charge in [0.1, 0.15) is 11.9 Å². The van der Waals surface area contributed by atoms with Gasteiger partial charge >= 0.3 is 0 Å². The maximum Gasteiger partial charge on any atom is 0.123 e. The van der Waals surface area contributed by atoms with Crippen LogP contribution in [0.4, 0.5) is 0 Å². The number of hydrogen-bond donors (Lipinski definition) is 1. The summed E-state index contributed by atoms with van der Waals surface area (Å²) in [6.07, 6.45) is 4.84. The summed E-state index contributed by atoms with van der Waals surface area (Å²) < 4.78 is 11.9. The van der Waals surface area contributed by atoms with Crippen LogP contribution in [0.25, 0.3) is 0 Å². The molecule has 3 nitrogen and oxygen atoms in total. The second-order valence-corrected chi connectivity index (χ2v) is 6.45. The Morgan fingerprint density at radius 3 is 3.05 bits per heavy atom. The molecule has 2 aliphatic heterocycles. The minimum Gasteiger partial charge on any atom is -0.490 e. The van der Waals surface area contributed by atoms with Gasteiger partial charge in [0, 0.05) is 25.0 Å². The Kier molecular flexibility index (Phi) is 3.99. The zero-order chi connectivity index (χ0) is 14.0. The van der Waals surface area contributed by atoms with Crippen LogP contribution in [0.3, 0.4) is 0 Å². The fourth-order valence-electron chi connectivity index (χ4n) is 3.70. The van der Waals surface area contributed by atoms with Crippen molar-refractivity contribution in [1.29, 1.82) is 0 Å². The largest absolute Gasteiger partial charge is 0.490 e. The van der Waals surface area contributed by atoms with E-state index in [1.807, 2.05) is 7.05 Å². The third kappa shape index (κ3) is 2.84. The second kappa shape index (κ2) is 5.74. The van der Waals surface area contributed by atoms with Crippen LogP contribution in [-0.2, 0) is 11.2 Å². The molecule has 1 aromatic rings. The van der Waals surface area contributed by atoms with E-state index in [0.29, 0.717) is 6.10 Å². The van der Waals surface area contributed by atoms with Gasteiger partial charge in [0.25, 0.3) is 0 Å². The molecule has 0 saturated carbocycles. The highest BCUT2D eigenvalue weighted by atomic mass is 16.5. The smallest absolute Gasteiger partial charge is 0.123 e. The summed E-state index contributed by atoms with van der Waals surface area (Å²) in [5, 5.41) is 3.35. The fraction of sp³-hybridized carbons (Fsp3) is 0.647. The Morgan fingerprint density at radius 1 is 1.40 bits per heavy atom. The lowest BCUT2D eigenvalue weighted by Gasteiger charge is -2.38. The van der Waals surface area contributed by atoms with Gasteiger partial charge in [0.15, 0.2) is 0 Å². The topological polar surface area (TPSA) is 30.5 Å². The van der Waals surface area contributed by atoms with Crippen LogP contribution in [0, 0.1) is 12.3 Å². The molecule has 2 atom stereocenters. The monoisotopic (exact) mass is 275 g/mol. The van der Waals surface area contributed by atoms with Crippen molar-refractivity contribution in [2.24, 2.45) is 5.41 Å². The number of rotatable bonds is 4. The number of hydrogen-bond acceptors (Lipinski definition) is 3. The molecule has 0 amide bonds. The van der Waals surface area contributed by atoms with Crippen LogP contribution in [0.5, 0.6) is 5.75 Å². The van der Waals surface area contributed by atoms with Crippen molar-refractivity contribution in [3.8, 4) is 5.75 Å². The van der Waals surface area contributed by atoms with E-state index in [1.54, 1.807) is 0 Å². The number of ether oxygens (including phenoxy) is 2. The highest BCUT2D eigenvalue weighted by molar-refractivity contribution is 5.40. The molecule has 0 bridgehead atoms. The second-order valence-electron chi connectivity index (χ2n) is 6.45. The summed E-state index contributed by atoms with van der Waals surface area (Å²) in [6.45, 7) is 4.94. The van der Waals surface area contributed by atoms with E-state index in [1.165, 1.54) is 24.0 Å². The number of fused-ring (bicyclic) bond motifs is 1. The number of nitrogens with one attached hydrogen (secondary N) is 1. The van der Waals surface area contributed by atoms with Gasteiger partial charge in [-0.3, -0.25) is 0 Å². The van der Waals surface area contributed by atoms with Gasteiger partial charge in [-0.05, 0) is 44.9 Å². The summed E-state index contributed by atoms with van der Waals surface area (Å²) in [4.78, 5) is 0. The van der Waals surface area contributed by atoms with E-state index in [9.17, 15) is 0 Å². The molecule has 2 heterocycles. The maximum atomic E-state index is 6.15. The average Bonchev–Trinajstić information content (AvgIpc) is 2.81. The zero-order valence-corrected chi connectivity index (χ0v) is 12.6. The average molecular weight is 275 g/mol. The molecule has 20 heavy (non-hydrogen) atoms. The summed E-state index contributed by atoms with van der Waals surface area (Å²) in [7, 11) is 2.03. The predicted octanol–water partition coefficient (Wildman–Crippen LogP) is 2.70. The van der Waals surface area contributed by atoms with Gasteiger partial charge in [-0.2, -0.15) is 0 Å². The molecule has 2 aliphatic rings. The van der Waals surface area contributed by atoms with Crippen molar-refractivity contribution < 1.29 is 9.47 Å². The molecule has 1 N–H and O–H groups in total. The van der Waals surface area contributed by atoms with Gasteiger partial charge in [-0.25, -0.2) is 0 Å². The first kappa shape index (κ1) is 13.9. The van der Waals surface area contributed by atoms with Gasteiger partial charge in [0.05, 0.1) is 6.61 Å². The molecular weight excluding hydrogens is 250 g/mol. The van der Waals surface area contributed by atoms with Crippen LogP contribution in [0.2, 0.25) is 0 Å². The molecule has 3 rings (SSSR count). The highest BCUT2D eigenvalue weighted by Gasteiger charge is 2.37. The molecule has 2 unspecified atom stereocenters. The first-order valence-electron chi connectivity index (χ1n) is 7.69. The fourth-order valence-corrected chi connectivity index (χ4v) is 3.70. The van der Waals surface area contributed by atoms with Crippen LogP contribution < -0.4 is 10.1 Å². The van der Waals surface area contributed by atoms with Crippen molar-refractivity contribution in [1.82, 2.24) is 5.32 Å². The maximum absolute atomic E-state index is 6.15. The summed E-state index contributed by atoms with van der Waals surface area (Å²) in [5.74, 6) is 1.08. The van der Waals surface area contributed by atoms with Crippen LogP contribution in [-0.4, -0.2) is 32.9 Å². The Hall–Kier alpha value is -1.06. The molecule has 1 saturated heterocycles. The molecule has 0 aliphatic carbocycles. The third-order valence-corrected chi connectivity index (χ3v) is 4.57. The van der Waals surface area contributed by atoms with E-state index in [0.717, 1.165) is 38.3 Å². The van der Waals surface area contributed by atoms with E-state index < -0.39 is 0 Å². The first-order valence-corrected chi connectivity index (χ1v) is 7.69. The van der Waals surface area contributed by atoms with Gasteiger partial charge in [0.2, 0.25) is 0 Å². The van der Waals surface area contributed by atoms with Gasteiger partial charge < -0.3 is 14.8 Å². The third-order valence-electron chi connectivity index (χ3n) is 4.57. The van der Waals surface area contributed by atoms with Crippen molar-refractivity contribution in [2.75, 3.05) is 26.8 Å². The molecule has 3 heteroatoms. The Balaban J connectivity index is 1.69. The molecule has 0 spiro atoms. The predicted molar refractivity (Wildman–Crippen MR) is 80.3 cm³/mol. The minimum absolute atomic E-state index is 0.245. The number of benzene rings is 1. The van der Waals surface area contributed by atoms with E-state index >= 15 is 0 Å². The van der Waals surface area contributed by atoms with Crippen LogP contribution in [0.15, 0.2) is 18.2 Å². The lowest BCUT2D eigenvalue weighted by molar-refractivity contribution is -0.0270. The van der Waals surface area contributed by atoms with E-state index in [2.05, 4.69) is 30.4 Å². The summed E-state index contributed by atoms with van der Waals surface area (Å²) in [6, 6.07) is 6.51. The summed E-state index contributed by atoms with van der Waals surface area (Å²) >= 11 is 0. The van der Waals surface area contributed by atoms with Gasteiger partial charge in [-0.15, -0.1) is 0 Å². The lowest BCUT2D eigenvalue weighted by Crippen LogP contribution is -2.43. The van der Waals surface area contributed by atoms with Crippen molar-refractivity contribution in [2.45, 2.75) is 38.7 Å². The molecule has 1 fully saturated rings. The summed E-state index contributed by atoms with van der Waals surface area (Å²) in [5.41, 5.74) is 2.93. The molecule has 0 radical (unpaired) electrons. The Morgan fingerprint density at radius 2 is 2.30 bits per heavy atom. The van der Waals surface area contributed by atoms with Gasteiger partial charge in [-0.1, -0.05) is 17.7 Å². The van der Waals surface area contributed by atoms with E-state index in [4.69, 9.17) is 9.47 Å². The molecular formula is C17H25NO2. The SMILES string of the molecule is CNCC1(CC2Cc3cc(C)ccc3O2)CCCOC1. The lowest BCUT2D eigenvalue weighted by atomic mass is 9.77. The highest BCUT2D eigenvalue weighted by Crippen LogP contribution is 2.38. The van der Waals surface area contributed by atoms with E-state index in [-0.39, 0.29) is 5.41 Å². The van der Waals surface area contributed by atoms with Crippen molar-refractivity contribution >= 4 is 0 Å². The van der Waals surface area contributed by atoms with Crippen molar-refractivity contribution in [3.63, 3.8) is 0 Å². The molecule has 110 valence electrons. The normalized spacial score (nSPS) is 29.0. The molecule has 0 aromatic heterocycles. The quantitative estimate of drug-likeness (QED) is 0.916. The molecule has 1 aromatic carbocycles. The Labute approximate surface area is 121 Å². The number of aryl methyl sites for hydroxylation is 1. The minimum atomic E-state index is 0.245. The van der Waals surface area contributed by atoms with Crippen LogP contribution >= 0.6 is 0 Å². The zero-order valence-electron chi connectivity index (χ0n) is 12.6. The van der Waals surface area contributed by atoms with Crippen LogP contribution in [0.1, 0.15) is 30.4 Å².